The first kappa shape index (κ1) is 13.8. The first-order valence-corrected chi connectivity index (χ1v) is 7.52. The second-order valence-corrected chi connectivity index (χ2v) is 6.41. The largest absolute Gasteiger partial charge is 0.364 e. The van der Waals surface area contributed by atoms with E-state index in [9.17, 15) is 8.78 Å². The summed E-state index contributed by atoms with van der Waals surface area (Å²) in [5.41, 5.74) is 0.840. The minimum absolute atomic E-state index is 0.150. The molecule has 0 spiro atoms. The lowest BCUT2D eigenvalue weighted by Gasteiger charge is -2.25. The van der Waals surface area contributed by atoms with Gasteiger partial charge in [-0.05, 0) is 49.8 Å². The molecule has 0 bridgehead atoms. The van der Waals surface area contributed by atoms with E-state index in [4.69, 9.17) is 0 Å². The summed E-state index contributed by atoms with van der Waals surface area (Å²) < 4.78 is 28.6. The molecule has 1 heterocycles. The van der Waals surface area contributed by atoms with Crippen LogP contribution in [-0.4, -0.2) is 18.6 Å². The van der Waals surface area contributed by atoms with E-state index in [1.54, 1.807) is 0 Å². The lowest BCUT2D eigenvalue weighted by Crippen LogP contribution is -2.29. The van der Waals surface area contributed by atoms with Crippen LogP contribution >= 0.6 is 0 Å². The van der Waals surface area contributed by atoms with Crippen LogP contribution in [-0.2, 0) is 6.54 Å². The van der Waals surface area contributed by atoms with E-state index in [0.29, 0.717) is 24.1 Å². The van der Waals surface area contributed by atoms with E-state index in [0.717, 1.165) is 13.0 Å². The van der Waals surface area contributed by atoms with Gasteiger partial charge in [-0.1, -0.05) is 6.92 Å². The molecule has 2 aliphatic rings. The van der Waals surface area contributed by atoms with Crippen LogP contribution in [0.5, 0.6) is 0 Å². The Labute approximate surface area is 119 Å². The summed E-state index contributed by atoms with van der Waals surface area (Å²) in [5.74, 6) is -0.378. The van der Waals surface area contributed by atoms with Crippen molar-refractivity contribution in [2.75, 3.05) is 11.4 Å². The van der Waals surface area contributed by atoms with Crippen LogP contribution in [0.2, 0.25) is 0 Å². The van der Waals surface area contributed by atoms with Gasteiger partial charge in [0.05, 0.1) is 0 Å². The number of nitrogens with one attached hydrogen (secondary N) is 1. The van der Waals surface area contributed by atoms with Gasteiger partial charge in [-0.3, -0.25) is 0 Å². The van der Waals surface area contributed by atoms with Crippen molar-refractivity contribution in [2.45, 2.75) is 51.7 Å². The van der Waals surface area contributed by atoms with Gasteiger partial charge in [0.25, 0.3) is 0 Å². The average Bonchev–Trinajstić information content (AvgIpc) is 3.13. The highest BCUT2D eigenvalue weighted by molar-refractivity contribution is 5.52. The third-order valence-electron chi connectivity index (χ3n) is 4.32. The molecule has 1 aromatic rings. The average molecular weight is 280 g/mol. The minimum Gasteiger partial charge on any atom is -0.364 e. The fourth-order valence-electron chi connectivity index (χ4n) is 3.16. The number of hydrogen-bond acceptors (Lipinski definition) is 2. The zero-order valence-corrected chi connectivity index (χ0v) is 12.1. The summed E-state index contributed by atoms with van der Waals surface area (Å²) in [6, 6.07) is 3.69. The van der Waals surface area contributed by atoms with E-state index in [-0.39, 0.29) is 11.7 Å². The third kappa shape index (κ3) is 2.80. The van der Waals surface area contributed by atoms with Gasteiger partial charge in [-0.2, -0.15) is 0 Å². The Morgan fingerprint density at radius 3 is 2.35 bits per heavy atom. The standard InChI is InChI=1S/C16H22F2N2/c1-10-5-11(2)20(9-10)16-14(17)6-12(7-15(16)18)8-19-13-3-4-13/h6-7,10-11,13,19H,3-5,8-9H2,1-2H3. The summed E-state index contributed by atoms with van der Waals surface area (Å²) in [4.78, 5) is 1.87. The van der Waals surface area contributed by atoms with Crippen LogP contribution in [0.25, 0.3) is 0 Å². The number of nitrogens with zero attached hydrogens (tertiary/aromatic N) is 1. The van der Waals surface area contributed by atoms with Crippen molar-refractivity contribution in [3.8, 4) is 0 Å². The molecule has 20 heavy (non-hydrogen) atoms. The quantitative estimate of drug-likeness (QED) is 0.908. The second-order valence-electron chi connectivity index (χ2n) is 6.41. The Balaban J connectivity index is 1.80. The molecule has 1 aromatic carbocycles. The van der Waals surface area contributed by atoms with Crippen molar-refractivity contribution in [1.29, 1.82) is 0 Å². The van der Waals surface area contributed by atoms with Gasteiger partial charge >= 0.3 is 0 Å². The van der Waals surface area contributed by atoms with Crippen LogP contribution in [0.3, 0.4) is 0 Å². The molecular formula is C16H22F2N2. The second kappa shape index (κ2) is 5.32. The van der Waals surface area contributed by atoms with Crippen molar-refractivity contribution in [1.82, 2.24) is 5.32 Å². The van der Waals surface area contributed by atoms with E-state index >= 15 is 0 Å². The molecule has 0 amide bonds. The zero-order valence-electron chi connectivity index (χ0n) is 12.1. The first-order chi connectivity index (χ1) is 9.54. The highest BCUT2D eigenvalue weighted by atomic mass is 19.1. The monoisotopic (exact) mass is 280 g/mol. The molecule has 110 valence electrons. The van der Waals surface area contributed by atoms with Crippen molar-refractivity contribution in [3.63, 3.8) is 0 Å². The number of anilines is 1. The molecule has 3 rings (SSSR count). The first-order valence-electron chi connectivity index (χ1n) is 7.52. The predicted octanol–water partition coefficient (Wildman–Crippen LogP) is 3.45. The summed E-state index contributed by atoms with van der Waals surface area (Å²) in [5, 5.41) is 3.29. The third-order valence-corrected chi connectivity index (χ3v) is 4.32. The van der Waals surface area contributed by atoms with E-state index in [2.05, 4.69) is 12.2 Å². The van der Waals surface area contributed by atoms with E-state index in [1.165, 1.54) is 25.0 Å². The number of halogens is 2. The van der Waals surface area contributed by atoms with Crippen LogP contribution < -0.4 is 10.2 Å². The lowest BCUT2D eigenvalue weighted by molar-refractivity contribution is 0.561. The molecule has 1 saturated carbocycles. The highest BCUT2D eigenvalue weighted by Crippen LogP contribution is 2.33. The van der Waals surface area contributed by atoms with Gasteiger partial charge in [0, 0.05) is 25.2 Å². The molecular weight excluding hydrogens is 258 g/mol. The van der Waals surface area contributed by atoms with E-state index in [1.807, 2.05) is 11.8 Å². The van der Waals surface area contributed by atoms with Gasteiger partial charge < -0.3 is 10.2 Å². The summed E-state index contributed by atoms with van der Waals surface area (Å²) in [7, 11) is 0. The van der Waals surface area contributed by atoms with Crippen molar-refractivity contribution < 1.29 is 8.78 Å². The topological polar surface area (TPSA) is 15.3 Å². The fourth-order valence-corrected chi connectivity index (χ4v) is 3.16. The van der Waals surface area contributed by atoms with Crippen molar-refractivity contribution in [2.24, 2.45) is 5.92 Å². The SMILES string of the molecule is CC1CC(C)N(c2c(F)cc(CNC3CC3)cc2F)C1. The molecule has 1 saturated heterocycles. The lowest BCUT2D eigenvalue weighted by atomic mass is 10.1. The number of hydrogen-bond donors (Lipinski definition) is 1. The smallest absolute Gasteiger partial charge is 0.149 e. The highest BCUT2D eigenvalue weighted by Gasteiger charge is 2.30. The summed E-state index contributed by atoms with van der Waals surface area (Å²) in [6.45, 7) is 5.44. The van der Waals surface area contributed by atoms with E-state index < -0.39 is 11.6 Å². The van der Waals surface area contributed by atoms with Crippen LogP contribution in [0.15, 0.2) is 12.1 Å². The Kier molecular flexibility index (Phi) is 3.67. The predicted molar refractivity (Wildman–Crippen MR) is 76.8 cm³/mol. The molecule has 2 nitrogen and oxygen atoms in total. The Morgan fingerprint density at radius 2 is 1.85 bits per heavy atom. The normalized spacial score (nSPS) is 26.3. The Morgan fingerprint density at radius 1 is 1.20 bits per heavy atom. The summed E-state index contributed by atoms with van der Waals surface area (Å²) in [6.07, 6.45) is 3.34. The Bertz CT molecular complexity index is 476. The molecule has 4 heteroatoms. The molecule has 1 aliphatic heterocycles. The van der Waals surface area contributed by atoms with Crippen molar-refractivity contribution >= 4 is 5.69 Å². The minimum atomic E-state index is -0.432. The maximum absolute atomic E-state index is 14.3. The number of benzene rings is 1. The zero-order chi connectivity index (χ0) is 14.3. The van der Waals surface area contributed by atoms with Gasteiger partial charge in [0.15, 0.2) is 0 Å². The molecule has 2 unspecified atom stereocenters. The molecule has 0 aromatic heterocycles. The van der Waals surface area contributed by atoms with Gasteiger partial charge in [0.1, 0.15) is 17.3 Å². The maximum atomic E-state index is 14.3. The van der Waals surface area contributed by atoms with Crippen LogP contribution in [0, 0.1) is 17.6 Å². The van der Waals surface area contributed by atoms with Gasteiger partial charge in [0.2, 0.25) is 0 Å². The number of rotatable bonds is 4. The molecule has 0 radical (unpaired) electrons. The van der Waals surface area contributed by atoms with Crippen LogP contribution in [0.4, 0.5) is 14.5 Å². The van der Waals surface area contributed by atoms with Gasteiger partial charge in [-0.25, -0.2) is 8.78 Å². The van der Waals surface area contributed by atoms with Crippen LogP contribution in [0.1, 0.15) is 38.7 Å². The van der Waals surface area contributed by atoms with Gasteiger partial charge in [-0.15, -0.1) is 0 Å². The molecule has 1 aliphatic carbocycles. The molecule has 2 fully saturated rings. The summed E-state index contributed by atoms with van der Waals surface area (Å²) >= 11 is 0. The fraction of sp³-hybridized carbons (Fsp3) is 0.625. The molecule has 2 atom stereocenters. The maximum Gasteiger partial charge on any atom is 0.149 e. The molecule has 1 N–H and O–H groups in total. The van der Waals surface area contributed by atoms with Crippen molar-refractivity contribution in [3.05, 3.63) is 29.3 Å². The Hall–Kier alpha value is -1.16.